The highest BCUT2D eigenvalue weighted by atomic mass is 16.1. The minimum atomic E-state index is 0.0537. The van der Waals surface area contributed by atoms with E-state index in [1.807, 2.05) is 6.92 Å². The van der Waals surface area contributed by atoms with Crippen molar-refractivity contribution in [2.24, 2.45) is 5.92 Å². The predicted molar refractivity (Wildman–Crippen MR) is 54.7 cm³/mol. The molecule has 0 spiro atoms. The highest BCUT2D eigenvalue weighted by molar-refractivity contribution is 5.84. The molecule has 0 aliphatic heterocycles. The third-order valence-electron chi connectivity index (χ3n) is 2.38. The minimum absolute atomic E-state index is 0.0537. The number of ketones is 1. The molecule has 13 heavy (non-hydrogen) atoms. The lowest BCUT2D eigenvalue weighted by atomic mass is 10.0. The van der Waals surface area contributed by atoms with E-state index in [1.54, 1.807) is 0 Å². The molecule has 1 aliphatic rings. The molecule has 1 N–H and O–H groups in total. The standard InChI is InChI=1S/C11H21NO/c1-5-9(13)10(8-6-7-8)12-11(2,3)4/h8,10,12H,5-7H2,1-4H3. The van der Waals surface area contributed by atoms with Crippen LogP contribution in [0.1, 0.15) is 47.0 Å². The molecule has 2 nitrogen and oxygen atoms in total. The van der Waals surface area contributed by atoms with Crippen molar-refractivity contribution in [3.8, 4) is 0 Å². The zero-order chi connectivity index (χ0) is 10.1. The second kappa shape index (κ2) is 3.79. The van der Waals surface area contributed by atoms with Crippen LogP contribution in [0.25, 0.3) is 0 Å². The SMILES string of the molecule is CCC(=O)C(NC(C)(C)C)C1CC1. The van der Waals surface area contributed by atoms with Crippen LogP contribution in [-0.4, -0.2) is 17.4 Å². The van der Waals surface area contributed by atoms with E-state index in [1.165, 1.54) is 12.8 Å². The molecule has 1 aliphatic carbocycles. The number of nitrogens with one attached hydrogen (secondary N) is 1. The molecule has 0 aromatic heterocycles. The van der Waals surface area contributed by atoms with Crippen molar-refractivity contribution in [2.75, 3.05) is 0 Å². The topological polar surface area (TPSA) is 29.1 Å². The van der Waals surface area contributed by atoms with E-state index in [0.29, 0.717) is 18.1 Å². The van der Waals surface area contributed by atoms with Crippen LogP contribution < -0.4 is 5.32 Å². The number of carbonyl (C=O) groups excluding carboxylic acids is 1. The Balaban J connectivity index is 2.52. The summed E-state index contributed by atoms with van der Waals surface area (Å²) in [6.45, 7) is 8.30. The fourth-order valence-corrected chi connectivity index (χ4v) is 1.58. The van der Waals surface area contributed by atoms with E-state index >= 15 is 0 Å². The van der Waals surface area contributed by atoms with Gasteiger partial charge in [0, 0.05) is 12.0 Å². The predicted octanol–water partition coefficient (Wildman–Crippen LogP) is 2.13. The van der Waals surface area contributed by atoms with Gasteiger partial charge >= 0.3 is 0 Å². The third-order valence-corrected chi connectivity index (χ3v) is 2.38. The van der Waals surface area contributed by atoms with Crippen molar-refractivity contribution in [1.82, 2.24) is 5.32 Å². The smallest absolute Gasteiger partial charge is 0.149 e. The lowest BCUT2D eigenvalue weighted by molar-refractivity contribution is -0.121. The molecule has 0 aromatic carbocycles. The minimum Gasteiger partial charge on any atom is -0.302 e. The van der Waals surface area contributed by atoms with E-state index in [-0.39, 0.29) is 11.6 Å². The van der Waals surface area contributed by atoms with Gasteiger partial charge in [0.05, 0.1) is 6.04 Å². The van der Waals surface area contributed by atoms with Gasteiger partial charge in [-0.25, -0.2) is 0 Å². The molecule has 2 heteroatoms. The van der Waals surface area contributed by atoms with Crippen LogP contribution in [0.5, 0.6) is 0 Å². The van der Waals surface area contributed by atoms with Crippen molar-refractivity contribution in [1.29, 1.82) is 0 Å². The molecule has 1 atom stereocenters. The first-order valence-electron chi connectivity index (χ1n) is 5.24. The van der Waals surface area contributed by atoms with Crippen LogP contribution in [0.3, 0.4) is 0 Å². The van der Waals surface area contributed by atoms with Gasteiger partial charge in [-0.1, -0.05) is 6.92 Å². The normalized spacial score (nSPS) is 20.0. The lowest BCUT2D eigenvalue weighted by Gasteiger charge is -2.27. The van der Waals surface area contributed by atoms with E-state index in [2.05, 4.69) is 26.1 Å². The Morgan fingerprint density at radius 2 is 2.00 bits per heavy atom. The zero-order valence-corrected chi connectivity index (χ0v) is 9.18. The summed E-state index contributed by atoms with van der Waals surface area (Å²) in [5.74, 6) is 0.990. The van der Waals surface area contributed by atoms with Gasteiger partial charge in [0.1, 0.15) is 5.78 Å². The van der Waals surface area contributed by atoms with Gasteiger partial charge < -0.3 is 5.32 Å². The molecule has 1 rings (SSSR count). The molecule has 76 valence electrons. The van der Waals surface area contributed by atoms with Crippen molar-refractivity contribution < 1.29 is 4.79 Å². The maximum Gasteiger partial charge on any atom is 0.149 e. The van der Waals surface area contributed by atoms with Gasteiger partial charge in [-0.2, -0.15) is 0 Å². The van der Waals surface area contributed by atoms with E-state index < -0.39 is 0 Å². The molecular weight excluding hydrogens is 162 g/mol. The lowest BCUT2D eigenvalue weighted by Crippen LogP contribution is -2.48. The van der Waals surface area contributed by atoms with Gasteiger partial charge in [-0.3, -0.25) is 4.79 Å². The van der Waals surface area contributed by atoms with E-state index in [9.17, 15) is 4.79 Å². The summed E-state index contributed by atoms with van der Waals surface area (Å²) in [4.78, 5) is 11.6. The number of hydrogen-bond acceptors (Lipinski definition) is 2. The van der Waals surface area contributed by atoms with E-state index in [0.717, 1.165) is 0 Å². The summed E-state index contributed by atoms with van der Waals surface area (Å²) < 4.78 is 0. The summed E-state index contributed by atoms with van der Waals surface area (Å²) in [6.07, 6.45) is 3.10. The van der Waals surface area contributed by atoms with E-state index in [4.69, 9.17) is 0 Å². The van der Waals surface area contributed by atoms with Crippen LogP contribution in [0.15, 0.2) is 0 Å². The Bertz CT molecular complexity index is 189. The van der Waals surface area contributed by atoms with Crippen LogP contribution in [0.4, 0.5) is 0 Å². The molecule has 0 radical (unpaired) electrons. The van der Waals surface area contributed by atoms with Crippen molar-refractivity contribution >= 4 is 5.78 Å². The summed E-state index contributed by atoms with van der Waals surface area (Å²) in [5.41, 5.74) is 0.0537. The molecule has 0 bridgehead atoms. The first-order chi connectivity index (χ1) is 5.94. The second-order valence-corrected chi connectivity index (χ2v) is 5.03. The van der Waals surface area contributed by atoms with Crippen LogP contribution in [-0.2, 0) is 4.79 Å². The molecular formula is C11H21NO. The first kappa shape index (κ1) is 10.7. The quantitative estimate of drug-likeness (QED) is 0.723. The fourth-order valence-electron chi connectivity index (χ4n) is 1.58. The fraction of sp³-hybridized carbons (Fsp3) is 0.909. The van der Waals surface area contributed by atoms with Crippen molar-refractivity contribution in [3.63, 3.8) is 0 Å². The van der Waals surface area contributed by atoms with Gasteiger partial charge in [0.15, 0.2) is 0 Å². The Kier molecular flexibility index (Phi) is 3.12. The Morgan fingerprint density at radius 3 is 2.31 bits per heavy atom. The molecule has 1 saturated carbocycles. The molecule has 1 fully saturated rings. The first-order valence-corrected chi connectivity index (χ1v) is 5.24. The summed E-state index contributed by atoms with van der Waals surface area (Å²) in [6, 6.07) is 0.116. The average molecular weight is 183 g/mol. The summed E-state index contributed by atoms with van der Waals surface area (Å²) in [5, 5.41) is 3.42. The van der Waals surface area contributed by atoms with Gasteiger partial charge in [-0.05, 0) is 39.5 Å². The molecule has 0 heterocycles. The zero-order valence-electron chi connectivity index (χ0n) is 9.18. The highest BCUT2D eigenvalue weighted by Gasteiger charge is 2.36. The number of hydrogen-bond donors (Lipinski definition) is 1. The number of rotatable bonds is 4. The van der Waals surface area contributed by atoms with Crippen LogP contribution >= 0.6 is 0 Å². The van der Waals surface area contributed by atoms with Gasteiger partial charge in [0.2, 0.25) is 0 Å². The average Bonchev–Trinajstić information content (AvgIpc) is 2.79. The highest BCUT2D eigenvalue weighted by Crippen LogP contribution is 2.34. The number of Topliss-reactive ketones (excluding diaryl/α,β-unsaturated/α-hetero) is 1. The van der Waals surface area contributed by atoms with Gasteiger partial charge in [0.25, 0.3) is 0 Å². The second-order valence-electron chi connectivity index (χ2n) is 5.03. The third kappa shape index (κ3) is 3.47. The number of carbonyl (C=O) groups is 1. The van der Waals surface area contributed by atoms with Crippen LogP contribution in [0.2, 0.25) is 0 Å². The van der Waals surface area contributed by atoms with Crippen molar-refractivity contribution in [3.05, 3.63) is 0 Å². The molecule has 0 saturated heterocycles. The van der Waals surface area contributed by atoms with Gasteiger partial charge in [-0.15, -0.1) is 0 Å². The Labute approximate surface area is 81.1 Å². The Hall–Kier alpha value is -0.370. The van der Waals surface area contributed by atoms with Crippen molar-refractivity contribution in [2.45, 2.75) is 58.5 Å². The summed E-state index contributed by atoms with van der Waals surface area (Å²) >= 11 is 0. The monoisotopic (exact) mass is 183 g/mol. The maximum absolute atomic E-state index is 11.6. The Morgan fingerprint density at radius 1 is 1.46 bits per heavy atom. The molecule has 0 amide bonds. The maximum atomic E-state index is 11.6. The molecule has 0 aromatic rings. The van der Waals surface area contributed by atoms with Crippen LogP contribution in [0, 0.1) is 5.92 Å². The largest absolute Gasteiger partial charge is 0.302 e. The molecule has 1 unspecified atom stereocenters. The summed E-state index contributed by atoms with van der Waals surface area (Å²) in [7, 11) is 0.